The van der Waals surface area contributed by atoms with Crippen LogP contribution in [0.25, 0.3) is 0 Å². The molecule has 2 rings (SSSR count). The van der Waals surface area contributed by atoms with Crippen molar-refractivity contribution >= 4 is 0 Å². The van der Waals surface area contributed by atoms with Crippen molar-refractivity contribution in [3.63, 3.8) is 0 Å². The van der Waals surface area contributed by atoms with E-state index in [0.29, 0.717) is 0 Å². The standard InChI is InChI=1S/C18H20F2/c1-11-5-7-13(3)15(9-11)17(18(19)20)16-10-12(2)6-8-14(16)4/h5-10,17-18H,1-4H3. The van der Waals surface area contributed by atoms with Crippen LogP contribution < -0.4 is 0 Å². The number of aryl methyl sites for hydroxylation is 4. The summed E-state index contributed by atoms with van der Waals surface area (Å²) in [6.07, 6.45) is -2.41. The third-order valence-corrected chi connectivity index (χ3v) is 3.79. The van der Waals surface area contributed by atoms with Crippen molar-refractivity contribution in [2.45, 2.75) is 40.0 Å². The molecule has 0 unspecified atom stereocenters. The van der Waals surface area contributed by atoms with Gasteiger partial charge in [-0.2, -0.15) is 0 Å². The Hall–Kier alpha value is -1.70. The number of hydrogen-bond donors (Lipinski definition) is 0. The van der Waals surface area contributed by atoms with Crippen LogP contribution in [0.5, 0.6) is 0 Å². The fourth-order valence-corrected chi connectivity index (χ4v) is 2.63. The lowest BCUT2D eigenvalue weighted by Gasteiger charge is -2.22. The van der Waals surface area contributed by atoms with E-state index in [2.05, 4.69) is 0 Å². The average molecular weight is 274 g/mol. The molecule has 0 aliphatic carbocycles. The highest BCUT2D eigenvalue weighted by Gasteiger charge is 2.27. The first-order valence-corrected chi connectivity index (χ1v) is 6.82. The molecule has 0 aliphatic heterocycles. The third-order valence-electron chi connectivity index (χ3n) is 3.79. The van der Waals surface area contributed by atoms with Gasteiger partial charge in [0.25, 0.3) is 0 Å². The number of rotatable bonds is 3. The summed E-state index contributed by atoms with van der Waals surface area (Å²) in [4.78, 5) is 0. The van der Waals surface area contributed by atoms with Crippen LogP contribution in [0.3, 0.4) is 0 Å². The molecule has 0 aromatic heterocycles. The molecule has 0 N–H and O–H groups in total. The second-order valence-electron chi connectivity index (χ2n) is 5.53. The third kappa shape index (κ3) is 2.90. The highest BCUT2D eigenvalue weighted by Crippen LogP contribution is 2.35. The van der Waals surface area contributed by atoms with Gasteiger partial charge in [0.05, 0.1) is 5.92 Å². The Labute approximate surface area is 119 Å². The second-order valence-corrected chi connectivity index (χ2v) is 5.53. The van der Waals surface area contributed by atoms with Gasteiger partial charge >= 0.3 is 0 Å². The van der Waals surface area contributed by atoms with Crippen molar-refractivity contribution in [2.75, 3.05) is 0 Å². The van der Waals surface area contributed by atoms with E-state index in [1.54, 1.807) is 0 Å². The maximum Gasteiger partial charge on any atom is 0.249 e. The summed E-state index contributed by atoms with van der Waals surface area (Å²) in [7, 11) is 0. The lowest BCUT2D eigenvalue weighted by molar-refractivity contribution is 0.128. The predicted molar refractivity (Wildman–Crippen MR) is 79.7 cm³/mol. The van der Waals surface area contributed by atoms with Crippen LogP contribution >= 0.6 is 0 Å². The summed E-state index contributed by atoms with van der Waals surface area (Å²) in [5, 5.41) is 0. The Balaban J connectivity index is 2.62. The highest BCUT2D eigenvalue weighted by atomic mass is 19.3. The molecule has 0 spiro atoms. The topological polar surface area (TPSA) is 0 Å². The van der Waals surface area contributed by atoms with Gasteiger partial charge in [-0.05, 0) is 49.9 Å². The van der Waals surface area contributed by atoms with Crippen molar-refractivity contribution in [3.8, 4) is 0 Å². The summed E-state index contributed by atoms with van der Waals surface area (Å²) in [6.45, 7) is 7.67. The van der Waals surface area contributed by atoms with E-state index in [1.807, 2.05) is 64.1 Å². The van der Waals surface area contributed by atoms with Gasteiger partial charge in [0, 0.05) is 0 Å². The number of benzene rings is 2. The Bertz CT molecular complexity index is 563. The Morgan fingerprint density at radius 2 is 1.10 bits per heavy atom. The summed E-state index contributed by atoms with van der Waals surface area (Å²) >= 11 is 0. The van der Waals surface area contributed by atoms with Crippen LogP contribution in [-0.2, 0) is 0 Å². The Morgan fingerprint density at radius 1 is 0.700 bits per heavy atom. The van der Waals surface area contributed by atoms with Gasteiger partial charge in [0.2, 0.25) is 6.43 Å². The minimum Gasteiger partial charge on any atom is -0.209 e. The number of hydrogen-bond acceptors (Lipinski definition) is 0. The first-order valence-electron chi connectivity index (χ1n) is 6.82. The zero-order chi connectivity index (χ0) is 14.9. The maximum absolute atomic E-state index is 13.7. The molecule has 0 fully saturated rings. The van der Waals surface area contributed by atoms with E-state index in [0.717, 1.165) is 33.4 Å². The first kappa shape index (κ1) is 14.7. The zero-order valence-corrected chi connectivity index (χ0v) is 12.4. The molecule has 0 aliphatic rings. The van der Waals surface area contributed by atoms with Crippen LogP contribution in [0.4, 0.5) is 8.78 Å². The highest BCUT2D eigenvalue weighted by molar-refractivity contribution is 5.44. The molecule has 0 atom stereocenters. The van der Waals surface area contributed by atoms with Crippen molar-refractivity contribution in [1.29, 1.82) is 0 Å². The van der Waals surface area contributed by atoms with Gasteiger partial charge in [-0.1, -0.05) is 47.5 Å². The molecule has 0 bridgehead atoms. The summed E-state index contributed by atoms with van der Waals surface area (Å²) in [6, 6.07) is 11.5. The Kier molecular flexibility index (Phi) is 4.22. The SMILES string of the molecule is Cc1ccc(C)c(C(c2cc(C)ccc2C)C(F)F)c1. The fourth-order valence-electron chi connectivity index (χ4n) is 2.63. The smallest absolute Gasteiger partial charge is 0.209 e. The van der Waals surface area contributed by atoms with E-state index in [1.165, 1.54) is 0 Å². The van der Waals surface area contributed by atoms with Crippen LogP contribution in [0.2, 0.25) is 0 Å². The molecule has 2 aromatic rings. The molecular weight excluding hydrogens is 254 g/mol. The van der Waals surface area contributed by atoms with Gasteiger partial charge < -0.3 is 0 Å². The molecule has 2 heteroatoms. The normalized spacial score (nSPS) is 11.4. The minimum atomic E-state index is -2.41. The first-order chi connectivity index (χ1) is 9.40. The van der Waals surface area contributed by atoms with Gasteiger partial charge in [-0.15, -0.1) is 0 Å². The summed E-state index contributed by atoms with van der Waals surface area (Å²) in [5.41, 5.74) is 5.33. The van der Waals surface area contributed by atoms with Crippen LogP contribution in [-0.4, -0.2) is 6.43 Å². The van der Waals surface area contributed by atoms with Crippen LogP contribution in [0.15, 0.2) is 36.4 Å². The molecule has 0 heterocycles. The molecule has 0 saturated carbocycles. The number of alkyl halides is 2. The van der Waals surface area contributed by atoms with E-state index in [9.17, 15) is 8.78 Å². The molecule has 0 radical (unpaired) electrons. The quantitative estimate of drug-likeness (QED) is 0.710. The maximum atomic E-state index is 13.7. The Morgan fingerprint density at radius 3 is 1.45 bits per heavy atom. The van der Waals surface area contributed by atoms with E-state index < -0.39 is 12.3 Å². The molecule has 0 nitrogen and oxygen atoms in total. The fraction of sp³-hybridized carbons (Fsp3) is 0.333. The van der Waals surface area contributed by atoms with Crippen molar-refractivity contribution in [3.05, 3.63) is 69.8 Å². The van der Waals surface area contributed by atoms with Gasteiger partial charge in [0.15, 0.2) is 0 Å². The summed E-state index contributed by atoms with van der Waals surface area (Å²) in [5.74, 6) is -0.852. The van der Waals surface area contributed by atoms with Gasteiger partial charge in [-0.25, -0.2) is 8.78 Å². The molecule has 2 aromatic carbocycles. The molecule has 20 heavy (non-hydrogen) atoms. The van der Waals surface area contributed by atoms with Gasteiger partial charge in [0.1, 0.15) is 0 Å². The monoisotopic (exact) mass is 274 g/mol. The molecule has 0 amide bonds. The lowest BCUT2D eigenvalue weighted by Crippen LogP contribution is -2.14. The van der Waals surface area contributed by atoms with Gasteiger partial charge in [-0.3, -0.25) is 0 Å². The van der Waals surface area contributed by atoms with E-state index >= 15 is 0 Å². The van der Waals surface area contributed by atoms with Crippen LogP contribution in [0.1, 0.15) is 39.3 Å². The van der Waals surface area contributed by atoms with Crippen molar-refractivity contribution in [1.82, 2.24) is 0 Å². The molecule has 106 valence electrons. The number of halogens is 2. The lowest BCUT2D eigenvalue weighted by atomic mass is 9.85. The van der Waals surface area contributed by atoms with E-state index in [4.69, 9.17) is 0 Å². The second kappa shape index (κ2) is 5.74. The van der Waals surface area contributed by atoms with Crippen molar-refractivity contribution in [2.24, 2.45) is 0 Å². The molecule has 0 saturated heterocycles. The largest absolute Gasteiger partial charge is 0.249 e. The zero-order valence-electron chi connectivity index (χ0n) is 12.4. The van der Waals surface area contributed by atoms with E-state index in [-0.39, 0.29) is 0 Å². The van der Waals surface area contributed by atoms with Crippen molar-refractivity contribution < 1.29 is 8.78 Å². The average Bonchev–Trinajstić information content (AvgIpc) is 2.37. The summed E-state index contributed by atoms with van der Waals surface area (Å²) < 4.78 is 27.4. The molecular formula is C18H20F2. The minimum absolute atomic E-state index is 0.730. The van der Waals surface area contributed by atoms with Crippen LogP contribution in [0, 0.1) is 27.7 Å². The predicted octanol–water partition coefficient (Wildman–Crippen LogP) is 5.32.